The third kappa shape index (κ3) is 4.04. The number of hydrogen-bond acceptors (Lipinski definition) is 4. The van der Waals surface area contributed by atoms with Gasteiger partial charge in [-0.3, -0.25) is 9.69 Å². The number of carbonyl (C=O) groups excluding carboxylic acids is 2. The van der Waals surface area contributed by atoms with Gasteiger partial charge in [0.15, 0.2) is 0 Å². The molecule has 0 bridgehead atoms. The number of nitrogens with one attached hydrogen (secondary N) is 1. The lowest BCUT2D eigenvalue weighted by Gasteiger charge is -2.23. The Hall–Kier alpha value is -2.64. The first-order chi connectivity index (χ1) is 12.8. The summed E-state index contributed by atoms with van der Waals surface area (Å²) in [4.78, 5) is 26.0. The lowest BCUT2D eigenvalue weighted by atomic mass is 9.92. The van der Waals surface area contributed by atoms with Crippen LogP contribution in [0.1, 0.15) is 12.5 Å². The highest BCUT2D eigenvalue weighted by atomic mass is 35.5. The maximum absolute atomic E-state index is 12.9. The normalized spacial score (nSPS) is 20.5. The summed E-state index contributed by atoms with van der Waals surface area (Å²) >= 11 is 5.87. The van der Waals surface area contributed by atoms with E-state index in [9.17, 15) is 19.1 Å². The Bertz CT molecular complexity index is 844. The summed E-state index contributed by atoms with van der Waals surface area (Å²) in [7, 11) is 0. The zero-order valence-electron chi connectivity index (χ0n) is 14.5. The summed E-state index contributed by atoms with van der Waals surface area (Å²) < 4.78 is 18.2. The molecule has 0 radical (unpaired) electrons. The van der Waals surface area contributed by atoms with Crippen molar-refractivity contribution < 1.29 is 23.8 Å². The van der Waals surface area contributed by atoms with Crippen molar-refractivity contribution in [3.05, 3.63) is 64.9 Å². The van der Waals surface area contributed by atoms with E-state index in [0.717, 1.165) is 4.90 Å². The van der Waals surface area contributed by atoms with Crippen LogP contribution >= 0.6 is 11.6 Å². The van der Waals surface area contributed by atoms with Crippen LogP contribution in [0.4, 0.5) is 9.18 Å². The Morgan fingerprint density at radius 1 is 1.19 bits per heavy atom. The molecule has 27 heavy (non-hydrogen) atoms. The Balaban J connectivity index is 1.64. The number of nitrogens with zero attached hydrogens (tertiary/aromatic N) is 1. The SMILES string of the molecule is CC1(c2ccc(Cl)cc2)NC(=O)N(CC(O)COc2ccc(F)cc2)C1=O. The Labute approximate surface area is 160 Å². The van der Waals surface area contributed by atoms with Crippen LogP contribution in [-0.4, -0.2) is 41.2 Å². The zero-order chi connectivity index (χ0) is 19.6. The molecule has 2 aromatic rings. The number of urea groups is 1. The van der Waals surface area contributed by atoms with Gasteiger partial charge in [0.05, 0.1) is 6.54 Å². The molecule has 2 N–H and O–H groups in total. The van der Waals surface area contributed by atoms with E-state index in [4.69, 9.17) is 16.3 Å². The number of imide groups is 1. The van der Waals surface area contributed by atoms with E-state index in [1.165, 1.54) is 24.3 Å². The minimum absolute atomic E-state index is 0.152. The van der Waals surface area contributed by atoms with Crippen molar-refractivity contribution in [1.29, 1.82) is 0 Å². The maximum atomic E-state index is 12.9. The minimum Gasteiger partial charge on any atom is -0.491 e. The summed E-state index contributed by atoms with van der Waals surface area (Å²) in [6, 6.07) is 11.3. The van der Waals surface area contributed by atoms with Gasteiger partial charge in [0.1, 0.15) is 29.8 Å². The van der Waals surface area contributed by atoms with Crippen LogP contribution in [-0.2, 0) is 10.3 Å². The van der Waals surface area contributed by atoms with Gasteiger partial charge in [-0.25, -0.2) is 9.18 Å². The van der Waals surface area contributed by atoms with Crippen molar-refractivity contribution in [3.63, 3.8) is 0 Å². The number of ether oxygens (including phenoxy) is 1. The number of hydrogen-bond donors (Lipinski definition) is 2. The first-order valence-electron chi connectivity index (χ1n) is 8.26. The highest BCUT2D eigenvalue weighted by Crippen LogP contribution is 2.29. The molecule has 2 atom stereocenters. The van der Waals surface area contributed by atoms with Crippen LogP contribution in [0.2, 0.25) is 5.02 Å². The molecule has 142 valence electrons. The van der Waals surface area contributed by atoms with Gasteiger partial charge in [0.25, 0.3) is 5.91 Å². The number of amides is 3. The molecule has 3 rings (SSSR count). The lowest BCUT2D eigenvalue weighted by Crippen LogP contribution is -2.42. The standard InChI is InChI=1S/C19H18ClFN2O4/c1-19(12-2-4-13(20)5-3-12)17(25)23(18(26)22-19)10-15(24)11-27-16-8-6-14(21)7-9-16/h2-9,15,24H,10-11H2,1H3,(H,22,26). The average Bonchev–Trinajstić information content (AvgIpc) is 2.86. The second kappa shape index (κ2) is 7.54. The van der Waals surface area contributed by atoms with E-state index in [1.54, 1.807) is 31.2 Å². The van der Waals surface area contributed by atoms with Gasteiger partial charge in [-0.05, 0) is 48.9 Å². The van der Waals surface area contributed by atoms with Gasteiger partial charge in [-0.1, -0.05) is 23.7 Å². The van der Waals surface area contributed by atoms with Crippen molar-refractivity contribution in [2.75, 3.05) is 13.2 Å². The molecule has 1 saturated heterocycles. The molecule has 2 unspecified atom stereocenters. The summed E-state index contributed by atoms with van der Waals surface area (Å²) in [5.41, 5.74) is -0.649. The minimum atomic E-state index is -1.24. The van der Waals surface area contributed by atoms with Crippen molar-refractivity contribution >= 4 is 23.5 Å². The van der Waals surface area contributed by atoms with Gasteiger partial charge < -0.3 is 15.2 Å². The molecule has 8 heteroatoms. The molecule has 1 aliphatic rings. The largest absolute Gasteiger partial charge is 0.491 e. The van der Waals surface area contributed by atoms with E-state index in [-0.39, 0.29) is 13.2 Å². The molecule has 1 aliphatic heterocycles. The van der Waals surface area contributed by atoms with E-state index >= 15 is 0 Å². The number of aliphatic hydroxyl groups is 1. The fourth-order valence-electron chi connectivity index (χ4n) is 2.83. The molecule has 0 aromatic heterocycles. The Morgan fingerprint density at radius 2 is 1.81 bits per heavy atom. The molecule has 6 nitrogen and oxygen atoms in total. The fourth-order valence-corrected chi connectivity index (χ4v) is 2.95. The van der Waals surface area contributed by atoms with Crippen LogP contribution in [0.25, 0.3) is 0 Å². The number of rotatable bonds is 6. The third-order valence-corrected chi connectivity index (χ3v) is 4.60. The second-order valence-electron chi connectivity index (χ2n) is 6.40. The molecular formula is C19H18ClFN2O4. The Kier molecular flexibility index (Phi) is 5.34. The maximum Gasteiger partial charge on any atom is 0.325 e. The molecule has 3 amide bonds. The van der Waals surface area contributed by atoms with Crippen LogP contribution in [0.3, 0.4) is 0 Å². The molecule has 1 fully saturated rings. The van der Waals surface area contributed by atoms with Crippen LogP contribution in [0.15, 0.2) is 48.5 Å². The van der Waals surface area contributed by atoms with E-state index in [1.807, 2.05) is 0 Å². The van der Waals surface area contributed by atoms with E-state index < -0.39 is 29.4 Å². The van der Waals surface area contributed by atoms with Crippen molar-refractivity contribution in [2.45, 2.75) is 18.6 Å². The monoisotopic (exact) mass is 392 g/mol. The van der Waals surface area contributed by atoms with Crippen molar-refractivity contribution in [2.24, 2.45) is 0 Å². The first-order valence-corrected chi connectivity index (χ1v) is 8.64. The summed E-state index contributed by atoms with van der Waals surface area (Å²) in [5, 5.41) is 13.3. The number of halogens is 2. The van der Waals surface area contributed by atoms with Gasteiger partial charge in [-0.2, -0.15) is 0 Å². The summed E-state index contributed by atoms with van der Waals surface area (Å²) in [5.74, 6) is -0.502. The van der Waals surface area contributed by atoms with E-state index in [2.05, 4.69) is 5.32 Å². The Morgan fingerprint density at radius 3 is 2.44 bits per heavy atom. The molecular weight excluding hydrogens is 375 g/mol. The van der Waals surface area contributed by atoms with Gasteiger partial charge in [-0.15, -0.1) is 0 Å². The van der Waals surface area contributed by atoms with Gasteiger partial charge in [0.2, 0.25) is 0 Å². The molecule has 0 saturated carbocycles. The van der Waals surface area contributed by atoms with E-state index in [0.29, 0.717) is 16.3 Å². The summed E-state index contributed by atoms with van der Waals surface area (Å²) in [6.07, 6.45) is -1.10. The molecule has 2 aromatic carbocycles. The summed E-state index contributed by atoms with van der Waals surface area (Å²) in [6.45, 7) is 1.22. The fraction of sp³-hybridized carbons (Fsp3) is 0.263. The molecule has 1 heterocycles. The van der Waals surface area contributed by atoms with Gasteiger partial charge in [0, 0.05) is 5.02 Å². The predicted octanol–water partition coefficient (Wildman–Crippen LogP) is 2.69. The zero-order valence-corrected chi connectivity index (χ0v) is 15.2. The highest BCUT2D eigenvalue weighted by Gasteiger charge is 2.49. The second-order valence-corrected chi connectivity index (χ2v) is 6.83. The average molecular weight is 393 g/mol. The highest BCUT2D eigenvalue weighted by molar-refractivity contribution is 6.30. The molecule has 0 spiro atoms. The topological polar surface area (TPSA) is 78.9 Å². The number of benzene rings is 2. The quantitative estimate of drug-likeness (QED) is 0.741. The number of aliphatic hydroxyl groups excluding tert-OH is 1. The predicted molar refractivity (Wildman–Crippen MR) is 97.0 cm³/mol. The molecule has 0 aliphatic carbocycles. The smallest absolute Gasteiger partial charge is 0.325 e. The van der Waals surface area contributed by atoms with Crippen molar-refractivity contribution in [3.8, 4) is 5.75 Å². The van der Waals surface area contributed by atoms with Crippen LogP contribution < -0.4 is 10.1 Å². The number of β-amino-alcohol motifs (C(OH)–C–C–N with tert-alkyl or cyclic N) is 1. The number of carbonyl (C=O) groups is 2. The first kappa shape index (κ1) is 19.1. The lowest BCUT2D eigenvalue weighted by molar-refractivity contribution is -0.132. The van der Waals surface area contributed by atoms with Crippen LogP contribution in [0.5, 0.6) is 5.75 Å². The third-order valence-electron chi connectivity index (χ3n) is 4.35. The van der Waals surface area contributed by atoms with Crippen molar-refractivity contribution in [1.82, 2.24) is 10.2 Å². The van der Waals surface area contributed by atoms with Gasteiger partial charge >= 0.3 is 6.03 Å². The van der Waals surface area contributed by atoms with Crippen LogP contribution in [0, 0.1) is 5.82 Å².